The molecule has 0 heterocycles. The van der Waals surface area contributed by atoms with Gasteiger partial charge in [0.15, 0.2) is 0 Å². The second-order valence-corrected chi connectivity index (χ2v) is 3.95. The van der Waals surface area contributed by atoms with Gasteiger partial charge in [-0.1, -0.05) is 19.7 Å². The van der Waals surface area contributed by atoms with Crippen molar-refractivity contribution in [1.82, 2.24) is 0 Å². The highest BCUT2D eigenvalue weighted by molar-refractivity contribution is 7.80. The van der Waals surface area contributed by atoms with Crippen LogP contribution in [0.5, 0.6) is 0 Å². The Bertz CT molecular complexity index is 274. The highest BCUT2D eigenvalue weighted by atomic mass is 32.3. The van der Waals surface area contributed by atoms with E-state index in [4.69, 9.17) is 0 Å². The quantitative estimate of drug-likeness (QED) is 0.376. The molecule has 0 aromatic carbocycles. The van der Waals surface area contributed by atoms with Crippen LogP contribution in [0, 0.1) is 0 Å². The fourth-order valence-corrected chi connectivity index (χ4v) is 0.862. The van der Waals surface area contributed by atoms with Crippen LogP contribution in [0.1, 0.15) is 0 Å². The first-order valence-electron chi connectivity index (χ1n) is 4.59. The van der Waals surface area contributed by atoms with Crippen molar-refractivity contribution in [2.24, 2.45) is 0 Å². The van der Waals surface area contributed by atoms with Gasteiger partial charge in [-0.25, -0.2) is 8.42 Å². The van der Waals surface area contributed by atoms with E-state index in [0.29, 0.717) is 0 Å². The van der Waals surface area contributed by atoms with Gasteiger partial charge in [-0.05, 0) is 18.2 Å². The molecule has 0 aliphatic rings. The van der Waals surface area contributed by atoms with Crippen molar-refractivity contribution < 1.29 is 22.1 Å². The van der Waals surface area contributed by atoms with Crippen LogP contribution in [0.15, 0.2) is 38.0 Å². The Kier molecular flexibility index (Phi) is 11.5. The van der Waals surface area contributed by atoms with E-state index >= 15 is 0 Å². The van der Waals surface area contributed by atoms with Crippen molar-refractivity contribution in [1.29, 1.82) is 0 Å². The fourth-order valence-electron chi connectivity index (χ4n) is 0.862. The number of hydrogen-bond donors (Lipinski definition) is 1. The van der Waals surface area contributed by atoms with Gasteiger partial charge in [-0.2, -0.15) is 0 Å². The molecule has 6 heteroatoms. The van der Waals surface area contributed by atoms with Gasteiger partial charge >= 0.3 is 0 Å². The summed E-state index contributed by atoms with van der Waals surface area (Å²) in [4.78, 5) is 1.43. The van der Waals surface area contributed by atoms with Crippen LogP contribution in [0.2, 0.25) is 0 Å². The first-order chi connectivity index (χ1) is 7.41. The maximum absolute atomic E-state index is 9.22. The van der Waals surface area contributed by atoms with E-state index in [2.05, 4.69) is 23.9 Å². The molecule has 0 saturated heterocycles. The predicted octanol–water partition coefficient (Wildman–Crippen LogP) is -0.478. The molecule has 0 fully saturated rings. The van der Waals surface area contributed by atoms with Crippen LogP contribution in [-0.4, -0.2) is 39.7 Å². The molecule has 0 aliphatic heterocycles. The molecule has 5 nitrogen and oxygen atoms in total. The highest BCUT2D eigenvalue weighted by Gasteiger charge is 1.97. The van der Waals surface area contributed by atoms with E-state index in [1.54, 1.807) is 0 Å². The van der Waals surface area contributed by atoms with Gasteiger partial charge in [0.25, 0.3) is 0 Å². The van der Waals surface area contributed by atoms with Gasteiger partial charge in [0.05, 0.1) is 26.7 Å². The van der Waals surface area contributed by atoms with Crippen molar-refractivity contribution >= 4 is 10.4 Å². The van der Waals surface area contributed by atoms with Crippen molar-refractivity contribution in [3.05, 3.63) is 38.0 Å². The largest absolute Gasteiger partial charge is 0.726 e. The normalized spacial score (nSPS) is 10.2. The first kappa shape index (κ1) is 17.4. The summed E-state index contributed by atoms with van der Waals surface area (Å²) in [5, 5.41) is 0. The van der Waals surface area contributed by atoms with Crippen molar-refractivity contribution in [2.75, 3.05) is 26.7 Å². The zero-order valence-electron chi connectivity index (χ0n) is 9.52. The minimum atomic E-state index is -4.41. The molecule has 16 heavy (non-hydrogen) atoms. The maximum Gasteiger partial charge on any atom is 0.217 e. The van der Waals surface area contributed by atoms with E-state index in [-0.39, 0.29) is 0 Å². The molecule has 0 aromatic heterocycles. The minimum absolute atomic E-state index is 0.808. The second-order valence-electron chi connectivity index (χ2n) is 2.80. The third-order valence-electron chi connectivity index (χ3n) is 1.50. The van der Waals surface area contributed by atoms with Crippen LogP contribution >= 0.6 is 0 Å². The van der Waals surface area contributed by atoms with Crippen molar-refractivity contribution in [3.8, 4) is 0 Å². The Balaban J connectivity index is 0. The summed E-state index contributed by atoms with van der Waals surface area (Å²) in [5.74, 6) is 0. The van der Waals surface area contributed by atoms with Gasteiger partial charge in [-0.3, -0.25) is 4.18 Å². The standard InChI is InChI=1S/C9H15N.CH4O4S/c1-4-7-10(8-5-2)9-6-3;1-5-6(2,3)4/h4-6H,1-3,7-9H2;1H3,(H,2,3,4). The molecule has 0 bridgehead atoms. The average molecular weight is 249 g/mol. The van der Waals surface area contributed by atoms with Crippen molar-refractivity contribution in [3.63, 3.8) is 0 Å². The van der Waals surface area contributed by atoms with E-state index in [9.17, 15) is 13.0 Å². The smallest absolute Gasteiger partial charge is 0.217 e. The van der Waals surface area contributed by atoms with Gasteiger partial charge < -0.3 is 9.45 Å². The molecular weight excluding hydrogens is 230 g/mol. The molecule has 0 unspecified atom stereocenters. The Hall–Kier alpha value is -0.950. The molecule has 0 spiro atoms. The van der Waals surface area contributed by atoms with Crippen LogP contribution in [0.3, 0.4) is 0 Å². The third-order valence-corrected chi connectivity index (χ3v) is 1.91. The molecule has 0 aromatic rings. The molecule has 0 saturated carbocycles. The lowest BCUT2D eigenvalue weighted by Gasteiger charge is -2.12. The van der Waals surface area contributed by atoms with Crippen LogP contribution < -0.4 is 4.90 Å². The fraction of sp³-hybridized carbons (Fsp3) is 0.400. The number of hydrogen-bond acceptors (Lipinski definition) is 4. The van der Waals surface area contributed by atoms with Crippen LogP contribution in [0.4, 0.5) is 0 Å². The number of quaternary nitrogens is 1. The lowest BCUT2D eigenvalue weighted by atomic mass is 10.4. The summed E-state index contributed by atoms with van der Waals surface area (Å²) in [7, 11) is -3.60. The number of nitrogens with one attached hydrogen (secondary N) is 1. The Labute approximate surface area is 97.7 Å². The highest BCUT2D eigenvalue weighted by Crippen LogP contribution is 1.74. The zero-order valence-corrected chi connectivity index (χ0v) is 10.3. The van der Waals surface area contributed by atoms with E-state index < -0.39 is 10.4 Å². The summed E-state index contributed by atoms with van der Waals surface area (Å²) in [6.45, 7) is 14.0. The molecule has 0 aliphatic carbocycles. The van der Waals surface area contributed by atoms with Gasteiger partial charge in [-0.15, -0.1) is 0 Å². The first-order valence-corrected chi connectivity index (χ1v) is 5.92. The zero-order chi connectivity index (χ0) is 13.0. The third kappa shape index (κ3) is 15.5. The molecule has 0 amide bonds. The van der Waals surface area contributed by atoms with E-state index in [1.807, 2.05) is 18.2 Å². The second kappa shape index (κ2) is 10.6. The summed E-state index contributed by atoms with van der Waals surface area (Å²) < 4.78 is 31.0. The number of rotatable bonds is 7. The molecule has 94 valence electrons. The average Bonchev–Trinajstić information content (AvgIpc) is 2.19. The van der Waals surface area contributed by atoms with Crippen molar-refractivity contribution in [2.45, 2.75) is 0 Å². The molecular formula is C10H19NO4S. The van der Waals surface area contributed by atoms with E-state index in [0.717, 1.165) is 26.7 Å². The molecule has 1 N–H and O–H groups in total. The Morgan fingerprint density at radius 3 is 1.50 bits per heavy atom. The summed E-state index contributed by atoms with van der Waals surface area (Å²) >= 11 is 0. The van der Waals surface area contributed by atoms with Gasteiger partial charge in [0.2, 0.25) is 10.4 Å². The predicted molar refractivity (Wildman–Crippen MR) is 62.9 cm³/mol. The lowest BCUT2D eigenvalue weighted by Crippen LogP contribution is -3.11. The maximum atomic E-state index is 9.22. The summed E-state index contributed by atoms with van der Waals surface area (Å²) in [6.07, 6.45) is 5.76. The molecule has 0 radical (unpaired) electrons. The Morgan fingerprint density at radius 1 is 1.12 bits per heavy atom. The van der Waals surface area contributed by atoms with E-state index in [1.165, 1.54) is 4.90 Å². The minimum Gasteiger partial charge on any atom is -0.726 e. The lowest BCUT2D eigenvalue weighted by molar-refractivity contribution is -0.881. The summed E-state index contributed by atoms with van der Waals surface area (Å²) in [5.41, 5.74) is 0. The molecule has 0 rings (SSSR count). The summed E-state index contributed by atoms with van der Waals surface area (Å²) in [6, 6.07) is 0. The van der Waals surface area contributed by atoms with Crippen LogP contribution in [0.25, 0.3) is 0 Å². The monoisotopic (exact) mass is 249 g/mol. The van der Waals surface area contributed by atoms with Crippen LogP contribution in [-0.2, 0) is 14.6 Å². The van der Waals surface area contributed by atoms with Gasteiger partial charge in [0, 0.05) is 0 Å². The molecule has 0 atom stereocenters. The Morgan fingerprint density at radius 2 is 1.38 bits per heavy atom. The topological polar surface area (TPSA) is 70.9 Å². The van der Waals surface area contributed by atoms with Gasteiger partial charge in [0.1, 0.15) is 0 Å². The SMILES string of the molecule is C=CC[NH+](CC=C)CC=C.COS(=O)(=O)[O-].